The van der Waals surface area contributed by atoms with E-state index in [9.17, 15) is 10.1 Å². The van der Waals surface area contributed by atoms with Crippen molar-refractivity contribution in [2.75, 3.05) is 5.32 Å². The third-order valence-corrected chi connectivity index (χ3v) is 2.78. The summed E-state index contributed by atoms with van der Waals surface area (Å²) in [5.41, 5.74) is 0.960. The van der Waals surface area contributed by atoms with Crippen LogP contribution in [0.3, 0.4) is 0 Å². The Labute approximate surface area is 92.8 Å². The standard InChI is InChI=1S/C11H11N3O2/c1-7-4-11(7)13-10-3-2-9(14(15)16)5-8(10)6-12/h2-3,5,7,11,13H,4H2,1H3. The maximum atomic E-state index is 10.5. The zero-order chi connectivity index (χ0) is 11.7. The van der Waals surface area contributed by atoms with Gasteiger partial charge in [-0.05, 0) is 18.4 Å². The number of benzene rings is 1. The van der Waals surface area contributed by atoms with Crippen molar-refractivity contribution >= 4 is 11.4 Å². The predicted molar refractivity (Wildman–Crippen MR) is 59.0 cm³/mol. The topological polar surface area (TPSA) is 79.0 Å². The minimum Gasteiger partial charge on any atom is -0.381 e. The van der Waals surface area contributed by atoms with Crippen LogP contribution in [0.15, 0.2) is 18.2 Å². The summed E-state index contributed by atoms with van der Waals surface area (Å²) in [6.45, 7) is 2.12. The molecule has 0 spiro atoms. The van der Waals surface area contributed by atoms with Gasteiger partial charge in [0.25, 0.3) is 5.69 Å². The summed E-state index contributed by atoms with van der Waals surface area (Å²) in [4.78, 5) is 10.0. The van der Waals surface area contributed by atoms with Crippen LogP contribution in [0, 0.1) is 27.4 Å². The second-order valence-electron chi connectivity index (χ2n) is 4.06. The van der Waals surface area contributed by atoms with E-state index < -0.39 is 4.92 Å². The Morgan fingerprint density at radius 1 is 1.62 bits per heavy atom. The quantitative estimate of drug-likeness (QED) is 0.622. The molecule has 0 bridgehead atoms. The minimum atomic E-state index is -0.496. The number of hydrogen-bond acceptors (Lipinski definition) is 4. The molecule has 2 atom stereocenters. The lowest BCUT2D eigenvalue weighted by Crippen LogP contribution is -2.05. The molecule has 0 aromatic heterocycles. The highest BCUT2D eigenvalue weighted by Gasteiger charge is 2.32. The summed E-state index contributed by atoms with van der Waals surface area (Å²) in [6.07, 6.45) is 1.09. The summed E-state index contributed by atoms with van der Waals surface area (Å²) in [5, 5.41) is 22.7. The van der Waals surface area contributed by atoms with E-state index >= 15 is 0 Å². The Morgan fingerprint density at radius 3 is 2.81 bits per heavy atom. The molecule has 0 aliphatic heterocycles. The number of non-ortho nitro benzene ring substituents is 1. The fourth-order valence-electron chi connectivity index (χ4n) is 1.59. The third kappa shape index (κ3) is 1.96. The van der Waals surface area contributed by atoms with Gasteiger partial charge in [-0.15, -0.1) is 0 Å². The van der Waals surface area contributed by atoms with Crippen molar-refractivity contribution in [1.29, 1.82) is 5.26 Å². The first-order chi connectivity index (χ1) is 7.61. The maximum absolute atomic E-state index is 10.5. The van der Waals surface area contributed by atoms with Gasteiger partial charge >= 0.3 is 0 Å². The first-order valence-electron chi connectivity index (χ1n) is 5.07. The number of anilines is 1. The lowest BCUT2D eigenvalue weighted by Gasteiger charge is -2.06. The van der Waals surface area contributed by atoms with E-state index in [-0.39, 0.29) is 5.69 Å². The lowest BCUT2D eigenvalue weighted by atomic mass is 10.1. The van der Waals surface area contributed by atoms with Gasteiger partial charge in [0.1, 0.15) is 6.07 Å². The summed E-state index contributed by atoms with van der Waals surface area (Å²) >= 11 is 0. The van der Waals surface area contributed by atoms with Gasteiger partial charge in [0.2, 0.25) is 0 Å². The summed E-state index contributed by atoms with van der Waals surface area (Å²) in [6, 6.07) is 6.68. The SMILES string of the molecule is CC1CC1Nc1ccc([N+](=O)[O-])cc1C#N. The molecule has 1 aromatic carbocycles. The fourth-order valence-corrected chi connectivity index (χ4v) is 1.59. The zero-order valence-electron chi connectivity index (χ0n) is 8.80. The first-order valence-corrected chi connectivity index (χ1v) is 5.07. The highest BCUT2D eigenvalue weighted by atomic mass is 16.6. The Bertz CT molecular complexity index is 479. The van der Waals surface area contributed by atoms with Crippen molar-refractivity contribution < 1.29 is 4.92 Å². The number of rotatable bonds is 3. The Hall–Kier alpha value is -2.09. The van der Waals surface area contributed by atoms with Crippen molar-refractivity contribution in [3.05, 3.63) is 33.9 Å². The van der Waals surface area contributed by atoms with E-state index in [2.05, 4.69) is 12.2 Å². The third-order valence-electron chi connectivity index (χ3n) is 2.78. The van der Waals surface area contributed by atoms with Gasteiger partial charge in [0, 0.05) is 18.2 Å². The second kappa shape index (κ2) is 3.81. The molecule has 1 aliphatic rings. The number of hydrogen-bond donors (Lipinski definition) is 1. The average molecular weight is 217 g/mol. The van der Waals surface area contributed by atoms with Crippen LogP contribution in [0.1, 0.15) is 18.9 Å². The zero-order valence-corrected chi connectivity index (χ0v) is 8.80. The number of nitrogens with zero attached hydrogens (tertiary/aromatic N) is 2. The molecule has 0 amide bonds. The Morgan fingerprint density at radius 2 is 2.31 bits per heavy atom. The maximum Gasteiger partial charge on any atom is 0.270 e. The first kappa shape index (κ1) is 10.4. The van der Waals surface area contributed by atoms with Gasteiger partial charge in [-0.3, -0.25) is 10.1 Å². The molecule has 1 N–H and O–H groups in total. The number of nitrogens with one attached hydrogen (secondary N) is 1. The molecule has 2 rings (SSSR count). The molecule has 1 aromatic rings. The van der Waals surface area contributed by atoms with Gasteiger partial charge in [0.15, 0.2) is 0 Å². The average Bonchev–Trinajstić information content (AvgIpc) is 2.94. The highest BCUT2D eigenvalue weighted by molar-refractivity contribution is 5.62. The molecule has 16 heavy (non-hydrogen) atoms. The molecule has 1 saturated carbocycles. The molecular formula is C11H11N3O2. The monoisotopic (exact) mass is 217 g/mol. The summed E-state index contributed by atoms with van der Waals surface area (Å²) in [7, 11) is 0. The van der Waals surface area contributed by atoms with Crippen LogP contribution in [0.25, 0.3) is 0 Å². The van der Waals surface area contributed by atoms with Crippen molar-refractivity contribution in [1.82, 2.24) is 0 Å². The largest absolute Gasteiger partial charge is 0.381 e. The number of nitro groups is 1. The molecule has 5 heteroatoms. The van der Waals surface area contributed by atoms with Gasteiger partial charge in [-0.25, -0.2) is 0 Å². The van der Waals surface area contributed by atoms with Crippen LogP contribution in [0.5, 0.6) is 0 Å². The molecular weight excluding hydrogens is 206 g/mol. The van der Waals surface area contributed by atoms with E-state index in [1.165, 1.54) is 12.1 Å². The van der Waals surface area contributed by atoms with Crippen molar-refractivity contribution in [2.45, 2.75) is 19.4 Å². The summed E-state index contributed by atoms with van der Waals surface area (Å²) < 4.78 is 0. The van der Waals surface area contributed by atoms with Crippen molar-refractivity contribution in [3.63, 3.8) is 0 Å². The molecule has 1 aliphatic carbocycles. The second-order valence-corrected chi connectivity index (χ2v) is 4.06. The molecule has 82 valence electrons. The van der Waals surface area contributed by atoms with Gasteiger partial charge in [0.05, 0.1) is 16.2 Å². The van der Waals surface area contributed by atoms with Gasteiger partial charge < -0.3 is 5.32 Å². The Balaban J connectivity index is 2.25. The normalized spacial score (nSPS) is 22.2. The van der Waals surface area contributed by atoms with E-state index in [0.717, 1.165) is 6.42 Å². The predicted octanol–water partition coefficient (Wildman–Crippen LogP) is 2.29. The fraction of sp³-hybridized carbons (Fsp3) is 0.364. The van der Waals surface area contributed by atoms with E-state index in [1.54, 1.807) is 6.07 Å². The molecule has 0 saturated heterocycles. The molecule has 0 heterocycles. The van der Waals surface area contributed by atoms with Crippen LogP contribution in [-0.2, 0) is 0 Å². The van der Waals surface area contributed by atoms with Crippen LogP contribution >= 0.6 is 0 Å². The Kier molecular flexibility index (Phi) is 2.49. The highest BCUT2D eigenvalue weighted by Crippen LogP contribution is 2.34. The van der Waals surface area contributed by atoms with Crippen LogP contribution < -0.4 is 5.32 Å². The van der Waals surface area contributed by atoms with Crippen LogP contribution in [-0.4, -0.2) is 11.0 Å². The van der Waals surface area contributed by atoms with Gasteiger partial charge in [-0.1, -0.05) is 6.92 Å². The van der Waals surface area contributed by atoms with E-state index in [1.807, 2.05) is 6.07 Å². The molecule has 1 fully saturated rings. The number of nitro benzene ring substituents is 1. The van der Waals surface area contributed by atoms with Crippen LogP contribution in [0.2, 0.25) is 0 Å². The minimum absolute atomic E-state index is 0.0501. The van der Waals surface area contributed by atoms with E-state index in [4.69, 9.17) is 5.26 Å². The van der Waals surface area contributed by atoms with Crippen molar-refractivity contribution in [2.24, 2.45) is 5.92 Å². The molecule has 5 nitrogen and oxygen atoms in total. The lowest BCUT2D eigenvalue weighted by molar-refractivity contribution is -0.384. The smallest absolute Gasteiger partial charge is 0.270 e. The van der Waals surface area contributed by atoms with Crippen molar-refractivity contribution in [3.8, 4) is 6.07 Å². The summed E-state index contributed by atoms with van der Waals surface area (Å²) in [5.74, 6) is 0.613. The number of nitriles is 1. The molecule has 0 radical (unpaired) electrons. The molecule has 2 unspecified atom stereocenters. The van der Waals surface area contributed by atoms with Crippen LogP contribution in [0.4, 0.5) is 11.4 Å². The van der Waals surface area contributed by atoms with E-state index in [0.29, 0.717) is 23.2 Å². The van der Waals surface area contributed by atoms with Gasteiger partial charge in [-0.2, -0.15) is 5.26 Å².